The Morgan fingerprint density at radius 3 is 2.75 bits per heavy atom. The number of aromatic amines is 1. The van der Waals surface area contributed by atoms with E-state index >= 15 is 0 Å². The van der Waals surface area contributed by atoms with Crippen LogP contribution >= 0.6 is 0 Å². The SMILES string of the molecule is N=C(N)CCc1cn[nH]c1-c1ccccc1. The van der Waals surface area contributed by atoms with E-state index in [1.54, 1.807) is 6.20 Å². The van der Waals surface area contributed by atoms with Crippen LogP contribution in [0.1, 0.15) is 12.0 Å². The van der Waals surface area contributed by atoms with Crippen molar-refractivity contribution < 1.29 is 0 Å². The molecule has 0 radical (unpaired) electrons. The van der Waals surface area contributed by atoms with Crippen LogP contribution in [0.25, 0.3) is 11.3 Å². The van der Waals surface area contributed by atoms with E-state index in [0.29, 0.717) is 6.42 Å². The summed E-state index contributed by atoms with van der Waals surface area (Å²) in [6.07, 6.45) is 3.11. The molecule has 1 aromatic carbocycles. The van der Waals surface area contributed by atoms with Gasteiger partial charge in [-0.1, -0.05) is 30.3 Å². The van der Waals surface area contributed by atoms with Crippen molar-refractivity contribution in [3.63, 3.8) is 0 Å². The third-order valence-corrected chi connectivity index (χ3v) is 2.44. The fourth-order valence-electron chi connectivity index (χ4n) is 1.62. The van der Waals surface area contributed by atoms with E-state index in [2.05, 4.69) is 10.2 Å². The minimum absolute atomic E-state index is 0.209. The summed E-state index contributed by atoms with van der Waals surface area (Å²) in [6, 6.07) is 10.0. The summed E-state index contributed by atoms with van der Waals surface area (Å²) in [5.74, 6) is 0.209. The van der Waals surface area contributed by atoms with Gasteiger partial charge in [-0.3, -0.25) is 10.5 Å². The first-order valence-corrected chi connectivity index (χ1v) is 5.18. The first-order valence-electron chi connectivity index (χ1n) is 5.18. The van der Waals surface area contributed by atoms with Crippen LogP contribution in [0.2, 0.25) is 0 Å². The molecular formula is C12H14N4. The molecule has 0 amide bonds. The molecule has 1 aromatic heterocycles. The van der Waals surface area contributed by atoms with Gasteiger partial charge in [0.15, 0.2) is 0 Å². The van der Waals surface area contributed by atoms with Crippen molar-refractivity contribution in [3.05, 3.63) is 42.1 Å². The summed E-state index contributed by atoms with van der Waals surface area (Å²) < 4.78 is 0. The first-order chi connectivity index (χ1) is 7.77. The zero-order valence-electron chi connectivity index (χ0n) is 8.90. The number of hydrogen-bond acceptors (Lipinski definition) is 2. The molecule has 0 unspecified atom stereocenters. The van der Waals surface area contributed by atoms with E-state index in [4.69, 9.17) is 11.1 Å². The second kappa shape index (κ2) is 4.61. The van der Waals surface area contributed by atoms with Crippen LogP contribution in [0.3, 0.4) is 0 Å². The van der Waals surface area contributed by atoms with Crippen LogP contribution in [-0.2, 0) is 6.42 Å². The quantitative estimate of drug-likeness (QED) is 0.537. The molecule has 0 fully saturated rings. The lowest BCUT2D eigenvalue weighted by molar-refractivity contribution is 1.02. The zero-order valence-corrected chi connectivity index (χ0v) is 8.90. The first kappa shape index (κ1) is 10.4. The summed E-state index contributed by atoms with van der Waals surface area (Å²) in [4.78, 5) is 0. The molecule has 4 nitrogen and oxygen atoms in total. The molecular weight excluding hydrogens is 200 g/mol. The highest BCUT2D eigenvalue weighted by atomic mass is 15.1. The van der Waals surface area contributed by atoms with E-state index in [-0.39, 0.29) is 5.84 Å². The molecule has 0 spiro atoms. The maximum atomic E-state index is 7.22. The number of hydrogen-bond donors (Lipinski definition) is 3. The van der Waals surface area contributed by atoms with E-state index in [1.165, 1.54) is 0 Å². The Morgan fingerprint density at radius 1 is 1.31 bits per heavy atom. The Hall–Kier alpha value is -2.10. The minimum atomic E-state index is 0.209. The molecule has 0 bridgehead atoms. The predicted octanol–water partition coefficient (Wildman–Crippen LogP) is 1.95. The van der Waals surface area contributed by atoms with Crippen molar-refractivity contribution in [2.24, 2.45) is 5.73 Å². The van der Waals surface area contributed by atoms with E-state index < -0.39 is 0 Å². The highest BCUT2D eigenvalue weighted by Gasteiger charge is 2.07. The lowest BCUT2D eigenvalue weighted by Gasteiger charge is -2.02. The molecule has 82 valence electrons. The number of aryl methyl sites for hydroxylation is 1. The summed E-state index contributed by atoms with van der Waals surface area (Å²) in [7, 11) is 0. The number of nitrogens with one attached hydrogen (secondary N) is 2. The maximum absolute atomic E-state index is 7.22. The lowest BCUT2D eigenvalue weighted by Crippen LogP contribution is -2.10. The molecule has 16 heavy (non-hydrogen) atoms. The van der Waals surface area contributed by atoms with Gasteiger partial charge in [-0.2, -0.15) is 5.10 Å². The molecule has 0 aliphatic carbocycles. The third kappa shape index (κ3) is 2.28. The van der Waals surface area contributed by atoms with Crippen molar-refractivity contribution >= 4 is 5.84 Å². The zero-order chi connectivity index (χ0) is 11.4. The number of nitrogens with zero attached hydrogens (tertiary/aromatic N) is 1. The Labute approximate surface area is 94.0 Å². The number of rotatable bonds is 4. The molecule has 2 aromatic rings. The number of aromatic nitrogens is 2. The molecule has 0 aliphatic rings. The summed E-state index contributed by atoms with van der Waals surface area (Å²) >= 11 is 0. The van der Waals surface area contributed by atoms with Gasteiger partial charge in [0.1, 0.15) is 0 Å². The minimum Gasteiger partial charge on any atom is -0.388 e. The average molecular weight is 214 g/mol. The molecule has 0 saturated heterocycles. The van der Waals surface area contributed by atoms with Crippen molar-refractivity contribution in [3.8, 4) is 11.3 Å². The van der Waals surface area contributed by atoms with Gasteiger partial charge in [0.05, 0.1) is 17.7 Å². The van der Waals surface area contributed by atoms with Crippen LogP contribution in [-0.4, -0.2) is 16.0 Å². The fraction of sp³-hybridized carbons (Fsp3) is 0.167. The van der Waals surface area contributed by atoms with Gasteiger partial charge < -0.3 is 5.73 Å². The van der Waals surface area contributed by atoms with Crippen molar-refractivity contribution in [2.45, 2.75) is 12.8 Å². The topological polar surface area (TPSA) is 78.6 Å². The van der Waals surface area contributed by atoms with Crippen LogP contribution < -0.4 is 5.73 Å². The monoisotopic (exact) mass is 214 g/mol. The van der Waals surface area contributed by atoms with Crippen molar-refractivity contribution in [1.82, 2.24) is 10.2 Å². The number of nitrogens with two attached hydrogens (primary N) is 1. The molecule has 0 aliphatic heterocycles. The van der Waals surface area contributed by atoms with Crippen LogP contribution in [0.5, 0.6) is 0 Å². The number of amidine groups is 1. The fourth-order valence-corrected chi connectivity index (χ4v) is 1.62. The van der Waals surface area contributed by atoms with Gasteiger partial charge in [-0.05, 0) is 17.5 Å². The van der Waals surface area contributed by atoms with E-state index in [1.807, 2.05) is 30.3 Å². The standard InChI is InChI=1S/C12H14N4/c13-11(14)7-6-10-8-15-16-12(10)9-4-2-1-3-5-9/h1-5,8H,6-7H2,(H3,13,14)(H,15,16). The van der Waals surface area contributed by atoms with Crippen LogP contribution in [0.4, 0.5) is 0 Å². The highest BCUT2D eigenvalue weighted by molar-refractivity contribution is 5.77. The van der Waals surface area contributed by atoms with Gasteiger partial charge >= 0.3 is 0 Å². The summed E-state index contributed by atoms with van der Waals surface area (Å²) in [5, 5.41) is 14.2. The average Bonchev–Trinajstić information content (AvgIpc) is 2.75. The lowest BCUT2D eigenvalue weighted by atomic mass is 10.0. The largest absolute Gasteiger partial charge is 0.388 e. The Morgan fingerprint density at radius 2 is 2.06 bits per heavy atom. The third-order valence-electron chi connectivity index (χ3n) is 2.44. The second-order valence-electron chi connectivity index (χ2n) is 3.66. The molecule has 1 heterocycles. The van der Waals surface area contributed by atoms with Crippen LogP contribution in [0, 0.1) is 5.41 Å². The predicted molar refractivity (Wildman–Crippen MR) is 64.3 cm³/mol. The van der Waals surface area contributed by atoms with Gasteiger partial charge in [0, 0.05) is 6.42 Å². The highest BCUT2D eigenvalue weighted by Crippen LogP contribution is 2.21. The van der Waals surface area contributed by atoms with Crippen LogP contribution in [0.15, 0.2) is 36.5 Å². The number of H-pyrrole nitrogens is 1. The van der Waals surface area contributed by atoms with Crippen molar-refractivity contribution in [1.29, 1.82) is 5.41 Å². The maximum Gasteiger partial charge on any atom is 0.0908 e. The van der Waals surface area contributed by atoms with Gasteiger partial charge in [-0.25, -0.2) is 0 Å². The molecule has 0 saturated carbocycles. The van der Waals surface area contributed by atoms with Gasteiger partial charge in [0.2, 0.25) is 0 Å². The van der Waals surface area contributed by atoms with E-state index in [0.717, 1.165) is 23.2 Å². The van der Waals surface area contributed by atoms with Crippen molar-refractivity contribution in [2.75, 3.05) is 0 Å². The second-order valence-corrected chi connectivity index (χ2v) is 3.66. The molecule has 4 heteroatoms. The Bertz CT molecular complexity index is 473. The van der Waals surface area contributed by atoms with Gasteiger partial charge in [-0.15, -0.1) is 0 Å². The van der Waals surface area contributed by atoms with E-state index in [9.17, 15) is 0 Å². The molecule has 0 atom stereocenters. The summed E-state index contributed by atoms with van der Waals surface area (Å²) in [5.41, 5.74) is 8.57. The normalized spacial score (nSPS) is 10.2. The molecule has 4 N–H and O–H groups in total. The number of benzene rings is 1. The Kier molecular flexibility index (Phi) is 3.00. The van der Waals surface area contributed by atoms with Gasteiger partial charge in [0.25, 0.3) is 0 Å². The Balaban J connectivity index is 2.23. The summed E-state index contributed by atoms with van der Waals surface area (Å²) in [6.45, 7) is 0. The molecule has 2 rings (SSSR count). The smallest absolute Gasteiger partial charge is 0.0908 e.